The standard InChI is InChI=1S/C13H14FN/c1-8(2)12-5-4-10-6-9(3)7-11(14)13(10)15-12/h4-8H,1-3H3. The van der Waals surface area contributed by atoms with Gasteiger partial charge < -0.3 is 0 Å². The summed E-state index contributed by atoms with van der Waals surface area (Å²) >= 11 is 0. The fourth-order valence-electron chi connectivity index (χ4n) is 1.67. The Morgan fingerprint density at radius 2 is 1.93 bits per heavy atom. The molecule has 0 N–H and O–H groups in total. The lowest BCUT2D eigenvalue weighted by Crippen LogP contribution is -1.94. The van der Waals surface area contributed by atoms with Gasteiger partial charge in [-0.2, -0.15) is 0 Å². The highest BCUT2D eigenvalue weighted by Gasteiger charge is 2.06. The van der Waals surface area contributed by atoms with Crippen molar-refractivity contribution in [2.24, 2.45) is 0 Å². The molecule has 2 aromatic rings. The van der Waals surface area contributed by atoms with Crippen molar-refractivity contribution in [2.75, 3.05) is 0 Å². The Hall–Kier alpha value is -1.44. The summed E-state index contributed by atoms with van der Waals surface area (Å²) in [7, 11) is 0. The van der Waals surface area contributed by atoms with Crippen molar-refractivity contribution < 1.29 is 4.39 Å². The molecular weight excluding hydrogens is 189 g/mol. The Balaban J connectivity index is 2.71. The number of nitrogens with zero attached hydrogens (tertiary/aromatic N) is 1. The largest absolute Gasteiger partial charge is 0.249 e. The van der Waals surface area contributed by atoms with Crippen molar-refractivity contribution in [1.82, 2.24) is 4.98 Å². The van der Waals surface area contributed by atoms with Crippen LogP contribution in [-0.2, 0) is 0 Å². The van der Waals surface area contributed by atoms with Crippen LogP contribution in [0.4, 0.5) is 4.39 Å². The van der Waals surface area contributed by atoms with Crippen molar-refractivity contribution in [1.29, 1.82) is 0 Å². The molecule has 0 radical (unpaired) electrons. The summed E-state index contributed by atoms with van der Waals surface area (Å²) < 4.78 is 13.6. The van der Waals surface area contributed by atoms with E-state index in [1.54, 1.807) is 0 Å². The van der Waals surface area contributed by atoms with E-state index >= 15 is 0 Å². The summed E-state index contributed by atoms with van der Waals surface area (Å²) in [4.78, 5) is 4.34. The summed E-state index contributed by atoms with van der Waals surface area (Å²) in [5.74, 6) is 0.0996. The fourth-order valence-corrected chi connectivity index (χ4v) is 1.67. The maximum absolute atomic E-state index is 13.6. The molecule has 0 aliphatic carbocycles. The lowest BCUT2D eigenvalue weighted by molar-refractivity contribution is 0.634. The molecule has 1 nitrogen and oxygen atoms in total. The third-order valence-corrected chi connectivity index (χ3v) is 2.50. The first kappa shape index (κ1) is 10.1. The van der Waals surface area contributed by atoms with Crippen LogP contribution in [0.2, 0.25) is 0 Å². The van der Waals surface area contributed by atoms with Gasteiger partial charge in [-0.15, -0.1) is 0 Å². The van der Waals surface area contributed by atoms with E-state index in [1.807, 2.05) is 25.1 Å². The average Bonchev–Trinajstić information content (AvgIpc) is 2.16. The zero-order valence-corrected chi connectivity index (χ0v) is 9.21. The van der Waals surface area contributed by atoms with Gasteiger partial charge in [-0.1, -0.05) is 19.9 Å². The average molecular weight is 203 g/mol. The maximum atomic E-state index is 13.6. The Morgan fingerprint density at radius 3 is 2.60 bits per heavy atom. The lowest BCUT2D eigenvalue weighted by Gasteiger charge is -2.07. The van der Waals surface area contributed by atoms with Crippen LogP contribution in [0.1, 0.15) is 31.0 Å². The molecule has 1 aromatic carbocycles. The molecule has 1 aromatic heterocycles. The number of aryl methyl sites for hydroxylation is 1. The van der Waals surface area contributed by atoms with E-state index in [1.165, 1.54) is 6.07 Å². The van der Waals surface area contributed by atoms with E-state index in [-0.39, 0.29) is 5.82 Å². The highest BCUT2D eigenvalue weighted by atomic mass is 19.1. The Kier molecular flexibility index (Phi) is 2.43. The SMILES string of the molecule is Cc1cc(F)c2nc(C(C)C)ccc2c1. The van der Waals surface area contributed by atoms with Gasteiger partial charge in [0.1, 0.15) is 11.3 Å². The lowest BCUT2D eigenvalue weighted by atomic mass is 10.1. The molecule has 0 amide bonds. The second kappa shape index (κ2) is 3.61. The quantitative estimate of drug-likeness (QED) is 0.686. The van der Waals surface area contributed by atoms with Crippen LogP contribution in [0, 0.1) is 12.7 Å². The molecule has 0 fully saturated rings. The monoisotopic (exact) mass is 203 g/mol. The van der Waals surface area contributed by atoms with Gasteiger partial charge in [-0.05, 0) is 36.6 Å². The summed E-state index contributed by atoms with van der Waals surface area (Å²) in [6.45, 7) is 6.00. The minimum atomic E-state index is -0.229. The number of hydrogen-bond donors (Lipinski definition) is 0. The second-order valence-electron chi connectivity index (χ2n) is 4.21. The summed E-state index contributed by atoms with van der Waals surface area (Å²) in [6.07, 6.45) is 0. The molecule has 0 atom stereocenters. The molecule has 0 aliphatic heterocycles. The van der Waals surface area contributed by atoms with Crippen LogP contribution in [0.3, 0.4) is 0 Å². The number of rotatable bonds is 1. The highest BCUT2D eigenvalue weighted by Crippen LogP contribution is 2.21. The van der Waals surface area contributed by atoms with Crippen molar-refractivity contribution in [3.63, 3.8) is 0 Å². The smallest absolute Gasteiger partial charge is 0.149 e. The summed E-state index contributed by atoms with van der Waals surface area (Å²) in [5.41, 5.74) is 2.34. The number of halogens is 1. The fraction of sp³-hybridized carbons (Fsp3) is 0.308. The van der Waals surface area contributed by atoms with Gasteiger partial charge in [0, 0.05) is 11.1 Å². The van der Waals surface area contributed by atoms with Crippen molar-refractivity contribution in [2.45, 2.75) is 26.7 Å². The van der Waals surface area contributed by atoms with E-state index in [9.17, 15) is 4.39 Å². The first-order valence-corrected chi connectivity index (χ1v) is 5.14. The van der Waals surface area contributed by atoms with E-state index in [0.717, 1.165) is 16.6 Å². The second-order valence-corrected chi connectivity index (χ2v) is 4.21. The summed E-state index contributed by atoms with van der Waals surface area (Å²) in [6, 6.07) is 7.38. The number of benzene rings is 1. The zero-order valence-electron chi connectivity index (χ0n) is 9.21. The van der Waals surface area contributed by atoms with Crippen LogP contribution in [-0.4, -0.2) is 4.98 Å². The molecule has 0 bridgehead atoms. The Morgan fingerprint density at radius 1 is 1.20 bits per heavy atom. The molecule has 0 spiro atoms. The van der Waals surface area contributed by atoms with Crippen LogP contribution in [0.15, 0.2) is 24.3 Å². The molecular formula is C13H14FN. The predicted octanol–water partition coefficient (Wildman–Crippen LogP) is 3.81. The van der Waals surface area contributed by atoms with Crippen LogP contribution in [0.5, 0.6) is 0 Å². The molecule has 78 valence electrons. The number of fused-ring (bicyclic) bond motifs is 1. The van der Waals surface area contributed by atoms with Gasteiger partial charge in [0.15, 0.2) is 0 Å². The van der Waals surface area contributed by atoms with Gasteiger partial charge in [0.25, 0.3) is 0 Å². The normalized spacial score (nSPS) is 11.3. The van der Waals surface area contributed by atoms with Gasteiger partial charge in [-0.3, -0.25) is 0 Å². The molecule has 0 unspecified atom stereocenters. The van der Waals surface area contributed by atoms with E-state index < -0.39 is 0 Å². The molecule has 15 heavy (non-hydrogen) atoms. The van der Waals surface area contributed by atoms with Crippen LogP contribution >= 0.6 is 0 Å². The third-order valence-electron chi connectivity index (χ3n) is 2.50. The topological polar surface area (TPSA) is 12.9 Å². The predicted molar refractivity (Wildman–Crippen MR) is 60.5 cm³/mol. The molecule has 0 saturated carbocycles. The first-order valence-electron chi connectivity index (χ1n) is 5.14. The van der Waals surface area contributed by atoms with Crippen molar-refractivity contribution in [3.05, 3.63) is 41.3 Å². The van der Waals surface area contributed by atoms with Crippen LogP contribution in [0.25, 0.3) is 10.9 Å². The van der Waals surface area contributed by atoms with Crippen molar-refractivity contribution in [3.8, 4) is 0 Å². The third kappa shape index (κ3) is 1.84. The van der Waals surface area contributed by atoms with Gasteiger partial charge in [0.2, 0.25) is 0 Å². The van der Waals surface area contributed by atoms with Gasteiger partial charge >= 0.3 is 0 Å². The van der Waals surface area contributed by atoms with Crippen LogP contribution < -0.4 is 0 Å². The van der Waals surface area contributed by atoms with E-state index in [2.05, 4.69) is 18.8 Å². The number of hydrogen-bond acceptors (Lipinski definition) is 1. The Bertz CT molecular complexity index is 503. The maximum Gasteiger partial charge on any atom is 0.149 e. The summed E-state index contributed by atoms with van der Waals surface area (Å²) in [5, 5.41) is 0.872. The highest BCUT2D eigenvalue weighted by molar-refractivity contribution is 5.80. The molecule has 0 saturated heterocycles. The number of pyridine rings is 1. The molecule has 0 aliphatic rings. The molecule has 2 heteroatoms. The molecule has 2 rings (SSSR count). The molecule has 1 heterocycles. The van der Waals surface area contributed by atoms with E-state index in [4.69, 9.17) is 0 Å². The number of aromatic nitrogens is 1. The van der Waals surface area contributed by atoms with Crippen molar-refractivity contribution >= 4 is 10.9 Å². The zero-order chi connectivity index (χ0) is 11.0. The minimum absolute atomic E-state index is 0.229. The van der Waals surface area contributed by atoms with E-state index in [0.29, 0.717) is 11.4 Å². The van der Waals surface area contributed by atoms with Gasteiger partial charge in [-0.25, -0.2) is 9.37 Å². The first-order chi connectivity index (χ1) is 7.08. The Labute approximate surface area is 89.0 Å². The minimum Gasteiger partial charge on any atom is -0.249 e. The van der Waals surface area contributed by atoms with Gasteiger partial charge in [0.05, 0.1) is 0 Å².